The quantitative estimate of drug-likeness (QED) is 0.360. The number of hydrazine groups is 1. The summed E-state index contributed by atoms with van der Waals surface area (Å²) in [6, 6.07) is 2.98. The number of anilines is 1. The number of pyridine rings is 1. The Morgan fingerprint density at radius 2 is 2.38 bits per heavy atom. The van der Waals surface area contributed by atoms with E-state index in [9.17, 15) is 9.59 Å². The molecule has 1 aliphatic heterocycles. The molecule has 2 rings (SSSR count). The molecule has 1 aliphatic rings. The first-order chi connectivity index (χ1) is 7.70. The van der Waals surface area contributed by atoms with Crippen LogP contribution in [0.2, 0.25) is 0 Å². The van der Waals surface area contributed by atoms with Gasteiger partial charge in [-0.25, -0.2) is 4.79 Å². The van der Waals surface area contributed by atoms with Gasteiger partial charge in [-0.15, -0.1) is 0 Å². The number of nitrogens with one attached hydrogen (secondary N) is 2. The van der Waals surface area contributed by atoms with E-state index in [1.807, 2.05) is 0 Å². The molecule has 7 nitrogen and oxygen atoms in total. The van der Waals surface area contributed by atoms with Gasteiger partial charge in [0.05, 0.1) is 24.5 Å². The topological polar surface area (TPSA) is 100 Å². The maximum Gasteiger partial charge on any atom is 0.324 e. The van der Waals surface area contributed by atoms with E-state index in [-0.39, 0.29) is 19.0 Å². The van der Waals surface area contributed by atoms with Gasteiger partial charge >= 0.3 is 6.03 Å². The number of nitrogens with two attached hydrogens (primary N) is 1. The van der Waals surface area contributed by atoms with Crippen molar-refractivity contribution in [3.8, 4) is 0 Å². The van der Waals surface area contributed by atoms with Crippen LogP contribution in [0.25, 0.3) is 0 Å². The first-order valence-electron chi connectivity index (χ1n) is 4.70. The Bertz CT molecular complexity index is 418. The highest BCUT2D eigenvalue weighted by Crippen LogP contribution is 2.10. The first-order valence-corrected chi connectivity index (χ1v) is 4.70. The average molecular weight is 221 g/mol. The van der Waals surface area contributed by atoms with Crippen molar-refractivity contribution in [3.05, 3.63) is 24.0 Å². The van der Waals surface area contributed by atoms with Crippen molar-refractivity contribution in [2.24, 2.45) is 5.84 Å². The number of hydrogen-bond acceptors (Lipinski definition) is 5. The molecule has 1 saturated heterocycles. The van der Waals surface area contributed by atoms with Crippen LogP contribution in [0.4, 0.5) is 10.5 Å². The van der Waals surface area contributed by atoms with Crippen LogP contribution in [-0.4, -0.2) is 28.4 Å². The van der Waals surface area contributed by atoms with Crippen LogP contribution in [0.3, 0.4) is 0 Å². The van der Waals surface area contributed by atoms with Crippen molar-refractivity contribution in [2.45, 2.75) is 6.54 Å². The second kappa shape index (κ2) is 4.15. The van der Waals surface area contributed by atoms with Gasteiger partial charge in [0.1, 0.15) is 0 Å². The van der Waals surface area contributed by atoms with E-state index in [2.05, 4.69) is 15.7 Å². The zero-order valence-corrected chi connectivity index (χ0v) is 8.43. The van der Waals surface area contributed by atoms with Crippen LogP contribution in [0, 0.1) is 0 Å². The molecule has 2 heterocycles. The Kier molecular flexibility index (Phi) is 2.69. The number of carbonyl (C=O) groups is 2. The van der Waals surface area contributed by atoms with Gasteiger partial charge < -0.3 is 10.7 Å². The second-order valence-corrected chi connectivity index (χ2v) is 3.32. The Morgan fingerprint density at radius 1 is 1.56 bits per heavy atom. The molecule has 7 heteroatoms. The van der Waals surface area contributed by atoms with E-state index < -0.39 is 6.03 Å². The molecule has 0 unspecified atom stereocenters. The molecular weight excluding hydrogens is 210 g/mol. The number of imide groups is 1. The van der Waals surface area contributed by atoms with E-state index >= 15 is 0 Å². The number of carbonyl (C=O) groups excluding carboxylic acids is 2. The summed E-state index contributed by atoms with van der Waals surface area (Å²) in [4.78, 5) is 27.8. The lowest BCUT2D eigenvalue weighted by atomic mass is 10.3. The van der Waals surface area contributed by atoms with Gasteiger partial charge in [0.15, 0.2) is 0 Å². The van der Waals surface area contributed by atoms with E-state index in [0.717, 1.165) is 4.90 Å². The fourth-order valence-corrected chi connectivity index (χ4v) is 1.43. The molecule has 0 radical (unpaired) electrons. The average Bonchev–Trinajstić information content (AvgIpc) is 2.61. The molecule has 0 saturated carbocycles. The van der Waals surface area contributed by atoms with Crippen LogP contribution in [0.15, 0.2) is 18.3 Å². The third-order valence-corrected chi connectivity index (χ3v) is 2.24. The summed E-state index contributed by atoms with van der Waals surface area (Å²) < 4.78 is 0. The van der Waals surface area contributed by atoms with Crippen LogP contribution >= 0.6 is 0 Å². The highest BCUT2D eigenvalue weighted by molar-refractivity contribution is 6.01. The number of aromatic nitrogens is 1. The summed E-state index contributed by atoms with van der Waals surface area (Å²) >= 11 is 0. The number of urea groups is 1. The Labute approximate surface area is 91.6 Å². The van der Waals surface area contributed by atoms with Gasteiger partial charge in [0.25, 0.3) is 0 Å². The van der Waals surface area contributed by atoms with Crippen LogP contribution in [-0.2, 0) is 11.3 Å². The third-order valence-electron chi connectivity index (χ3n) is 2.24. The third kappa shape index (κ3) is 1.94. The molecule has 1 aromatic rings. The number of rotatable bonds is 3. The van der Waals surface area contributed by atoms with Gasteiger partial charge in [0, 0.05) is 6.20 Å². The molecule has 0 atom stereocenters. The van der Waals surface area contributed by atoms with Gasteiger partial charge in [-0.2, -0.15) is 0 Å². The molecule has 0 spiro atoms. The molecule has 0 bridgehead atoms. The summed E-state index contributed by atoms with van der Waals surface area (Å²) in [5.74, 6) is 4.99. The van der Waals surface area contributed by atoms with Crippen molar-refractivity contribution in [2.75, 3.05) is 12.0 Å². The highest BCUT2D eigenvalue weighted by atomic mass is 16.2. The molecule has 1 fully saturated rings. The van der Waals surface area contributed by atoms with Crippen molar-refractivity contribution in [1.82, 2.24) is 15.2 Å². The normalized spacial score (nSPS) is 15.2. The lowest BCUT2D eigenvalue weighted by Gasteiger charge is -2.11. The Hall–Kier alpha value is -2.15. The van der Waals surface area contributed by atoms with E-state index in [1.165, 1.54) is 0 Å². The molecule has 1 aromatic heterocycles. The van der Waals surface area contributed by atoms with Crippen molar-refractivity contribution in [3.63, 3.8) is 0 Å². The number of nitrogens with zero attached hydrogens (tertiary/aromatic N) is 2. The minimum absolute atomic E-state index is 0.0493. The summed E-state index contributed by atoms with van der Waals surface area (Å²) in [6.07, 6.45) is 1.56. The van der Waals surface area contributed by atoms with Crippen molar-refractivity contribution < 1.29 is 9.59 Å². The predicted octanol–water partition coefficient (Wildman–Crippen LogP) is -0.581. The van der Waals surface area contributed by atoms with Gasteiger partial charge in [-0.05, 0) is 12.1 Å². The predicted molar refractivity (Wildman–Crippen MR) is 56.0 cm³/mol. The fourth-order valence-electron chi connectivity index (χ4n) is 1.43. The number of amides is 3. The molecule has 3 amide bonds. The summed E-state index contributed by atoms with van der Waals surface area (Å²) in [7, 11) is 0. The smallest absolute Gasteiger partial charge is 0.324 e. The van der Waals surface area contributed by atoms with Gasteiger partial charge in [-0.3, -0.25) is 20.5 Å². The van der Waals surface area contributed by atoms with Gasteiger partial charge in [0.2, 0.25) is 5.91 Å². The fraction of sp³-hybridized carbons (Fsp3) is 0.222. The molecule has 0 aliphatic carbocycles. The number of nitrogen functional groups attached to an aromatic ring is 1. The molecule has 4 N–H and O–H groups in total. The SMILES string of the molecule is NNc1ccnc(CN2C(=O)CNC2=O)c1. The maximum atomic E-state index is 11.3. The highest BCUT2D eigenvalue weighted by Gasteiger charge is 2.28. The molecule has 0 aromatic carbocycles. The monoisotopic (exact) mass is 221 g/mol. The lowest BCUT2D eigenvalue weighted by Crippen LogP contribution is -2.30. The Balaban J connectivity index is 2.14. The number of hydrogen-bond donors (Lipinski definition) is 3. The summed E-state index contributed by atoms with van der Waals surface area (Å²) in [5, 5.41) is 2.44. The second-order valence-electron chi connectivity index (χ2n) is 3.32. The van der Waals surface area contributed by atoms with Crippen molar-refractivity contribution >= 4 is 17.6 Å². The minimum atomic E-state index is -0.391. The minimum Gasteiger partial charge on any atom is -0.329 e. The molecule has 84 valence electrons. The van der Waals surface area contributed by atoms with Crippen LogP contribution < -0.4 is 16.6 Å². The zero-order chi connectivity index (χ0) is 11.5. The van der Waals surface area contributed by atoms with E-state index in [1.54, 1.807) is 18.3 Å². The standard InChI is InChI=1S/C9H11N5O2/c10-13-6-1-2-11-7(3-6)5-14-8(15)4-12-9(14)16/h1-3H,4-5,10H2,(H,11,13)(H,12,16). The summed E-state index contributed by atoms with van der Waals surface area (Å²) in [5.41, 5.74) is 3.75. The largest absolute Gasteiger partial charge is 0.329 e. The first kappa shape index (κ1) is 10.4. The van der Waals surface area contributed by atoms with Crippen LogP contribution in [0.1, 0.15) is 5.69 Å². The zero-order valence-electron chi connectivity index (χ0n) is 8.43. The molecule has 16 heavy (non-hydrogen) atoms. The van der Waals surface area contributed by atoms with Crippen molar-refractivity contribution in [1.29, 1.82) is 0 Å². The molecular formula is C9H11N5O2. The van der Waals surface area contributed by atoms with E-state index in [4.69, 9.17) is 5.84 Å². The maximum absolute atomic E-state index is 11.3. The Morgan fingerprint density at radius 3 is 3.00 bits per heavy atom. The van der Waals surface area contributed by atoms with Crippen LogP contribution in [0.5, 0.6) is 0 Å². The van der Waals surface area contributed by atoms with Gasteiger partial charge in [-0.1, -0.05) is 0 Å². The van der Waals surface area contributed by atoms with E-state index in [0.29, 0.717) is 11.4 Å². The summed E-state index contributed by atoms with van der Waals surface area (Å²) in [6.45, 7) is 0.202. The lowest BCUT2D eigenvalue weighted by molar-refractivity contribution is -0.125.